The Morgan fingerprint density at radius 3 is 2.61 bits per heavy atom. The number of methoxy groups -OCH3 is 1. The fourth-order valence-corrected chi connectivity index (χ4v) is 1.31. The second kappa shape index (κ2) is 5.61. The largest absolute Gasteiger partial charge is 0.495 e. The first-order valence-electron chi connectivity index (χ1n) is 5.08. The van der Waals surface area contributed by atoms with E-state index in [-0.39, 0.29) is 0 Å². The molecule has 0 aromatic heterocycles. The Bertz CT molecular complexity index is 433. The first kappa shape index (κ1) is 14.1. The summed E-state index contributed by atoms with van der Waals surface area (Å²) in [6, 6.07) is 4.10. The van der Waals surface area contributed by atoms with Crippen LogP contribution in [0.3, 0.4) is 0 Å². The van der Waals surface area contributed by atoms with Crippen molar-refractivity contribution < 1.29 is 22.7 Å². The molecule has 0 radical (unpaired) electrons. The molecule has 0 fully saturated rings. The van der Waals surface area contributed by atoms with Crippen LogP contribution < -0.4 is 15.4 Å². The quantitative estimate of drug-likeness (QED) is 0.879. The molecule has 0 aliphatic carbocycles. The van der Waals surface area contributed by atoms with Gasteiger partial charge in [0.1, 0.15) is 12.3 Å². The van der Waals surface area contributed by atoms with Crippen molar-refractivity contribution in [3.63, 3.8) is 0 Å². The molecule has 0 aliphatic heterocycles. The number of hydrogen-bond acceptors (Lipinski definition) is 2. The van der Waals surface area contributed by atoms with Crippen LogP contribution in [0.15, 0.2) is 18.2 Å². The number of para-hydroxylation sites is 1. The molecule has 0 atom stereocenters. The van der Waals surface area contributed by atoms with Crippen LogP contribution >= 0.6 is 0 Å². The molecular weight excluding hydrogens is 249 g/mol. The van der Waals surface area contributed by atoms with Gasteiger partial charge in [0.05, 0.1) is 12.8 Å². The van der Waals surface area contributed by atoms with Gasteiger partial charge in [-0.1, -0.05) is 12.1 Å². The number of ether oxygens (including phenoxy) is 1. The number of amides is 2. The summed E-state index contributed by atoms with van der Waals surface area (Å²) in [5.74, 6) is 0.386. The van der Waals surface area contributed by atoms with Gasteiger partial charge in [0.15, 0.2) is 0 Å². The van der Waals surface area contributed by atoms with Gasteiger partial charge in [-0.3, -0.25) is 0 Å². The number of benzene rings is 1. The number of carbonyl (C=O) groups is 1. The fourth-order valence-electron chi connectivity index (χ4n) is 1.31. The summed E-state index contributed by atoms with van der Waals surface area (Å²) in [4.78, 5) is 11.3. The monoisotopic (exact) mass is 262 g/mol. The van der Waals surface area contributed by atoms with Crippen LogP contribution in [0.5, 0.6) is 5.75 Å². The number of carbonyl (C=O) groups excluding carboxylic acids is 1. The first-order chi connectivity index (χ1) is 8.33. The Balaban J connectivity index is 2.70. The second-order valence-electron chi connectivity index (χ2n) is 3.58. The second-order valence-corrected chi connectivity index (χ2v) is 3.58. The SMILES string of the molecule is COc1cccc(C)c1NC(=O)NCC(F)(F)F. The molecule has 1 rings (SSSR count). The van der Waals surface area contributed by atoms with Gasteiger partial charge < -0.3 is 15.4 Å². The lowest BCUT2D eigenvalue weighted by Gasteiger charge is -2.14. The van der Waals surface area contributed by atoms with Gasteiger partial charge in [0, 0.05) is 0 Å². The minimum absolute atomic E-state index is 0.347. The van der Waals surface area contributed by atoms with E-state index < -0.39 is 18.8 Å². The van der Waals surface area contributed by atoms with E-state index >= 15 is 0 Å². The lowest BCUT2D eigenvalue weighted by molar-refractivity contribution is -0.122. The van der Waals surface area contributed by atoms with Gasteiger partial charge in [0.2, 0.25) is 0 Å². The van der Waals surface area contributed by atoms with Crippen molar-refractivity contribution in [2.75, 3.05) is 19.0 Å². The van der Waals surface area contributed by atoms with Crippen molar-refractivity contribution in [1.29, 1.82) is 0 Å². The van der Waals surface area contributed by atoms with Gasteiger partial charge in [-0.25, -0.2) is 4.79 Å². The summed E-state index contributed by atoms with van der Waals surface area (Å²) < 4.78 is 40.7. The number of halogens is 3. The number of hydrogen-bond donors (Lipinski definition) is 2. The van der Waals surface area contributed by atoms with Crippen LogP contribution in [-0.2, 0) is 0 Å². The van der Waals surface area contributed by atoms with Gasteiger partial charge in [-0.05, 0) is 18.6 Å². The van der Waals surface area contributed by atoms with Crippen LogP contribution in [-0.4, -0.2) is 25.9 Å². The summed E-state index contributed by atoms with van der Waals surface area (Å²) in [6.07, 6.45) is -4.44. The molecule has 4 nitrogen and oxygen atoms in total. The molecule has 2 N–H and O–H groups in total. The predicted octanol–water partition coefficient (Wildman–Crippen LogP) is 2.69. The summed E-state index contributed by atoms with van der Waals surface area (Å²) in [7, 11) is 1.41. The predicted molar refractivity (Wildman–Crippen MR) is 60.8 cm³/mol. The molecular formula is C11H13F3N2O2. The molecule has 0 heterocycles. The molecule has 1 aromatic carbocycles. The zero-order valence-electron chi connectivity index (χ0n) is 9.89. The smallest absolute Gasteiger partial charge is 0.405 e. The van der Waals surface area contributed by atoms with Crippen molar-refractivity contribution in [3.8, 4) is 5.75 Å². The summed E-state index contributed by atoms with van der Waals surface area (Å²) in [5.41, 5.74) is 1.04. The maximum absolute atomic E-state index is 11.9. The minimum Gasteiger partial charge on any atom is -0.495 e. The fraction of sp³-hybridized carbons (Fsp3) is 0.364. The zero-order chi connectivity index (χ0) is 13.8. The Labute approximate surface area is 102 Å². The van der Waals surface area contributed by atoms with Gasteiger partial charge in [-0.2, -0.15) is 13.2 Å². The summed E-state index contributed by atoms with van der Waals surface area (Å²) >= 11 is 0. The molecule has 1 aromatic rings. The number of alkyl halides is 3. The number of nitrogens with one attached hydrogen (secondary N) is 2. The topological polar surface area (TPSA) is 50.4 Å². The average Bonchev–Trinajstić information content (AvgIpc) is 2.28. The average molecular weight is 262 g/mol. The third-order valence-corrected chi connectivity index (χ3v) is 2.14. The van der Waals surface area contributed by atoms with Crippen LogP contribution in [0.4, 0.5) is 23.7 Å². The van der Waals surface area contributed by atoms with E-state index in [2.05, 4.69) is 5.32 Å². The van der Waals surface area contributed by atoms with E-state index in [1.807, 2.05) is 0 Å². The lowest BCUT2D eigenvalue weighted by atomic mass is 10.2. The summed E-state index contributed by atoms with van der Waals surface area (Å²) in [6.45, 7) is 0.328. The molecule has 0 bridgehead atoms. The molecule has 7 heteroatoms. The Kier molecular flexibility index (Phi) is 4.41. The van der Waals surface area contributed by atoms with E-state index in [4.69, 9.17) is 4.74 Å². The van der Waals surface area contributed by atoms with Crippen molar-refractivity contribution in [2.24, 2.45) is 0 Å². The molecule has 0 aliphatic rings. The highest BCUT2D eigenvalue weighted by Gasteiger charge is 2.27. The standard InChI is InChI=1S/C11H13F3N2O2/c1-7-4-3-5-8(18-2)9(7)16-10(17)15-6-11(12,13)14/h3-5H,6H2,1-2H3,(H2,15,16,17). The molecule has 2 amide bonds. The van der Waals surface area contributed by atoms with Gasteiger partial charge in [-0.15, -0.1) is 0 Å². The molecule has 0 unspecified atom stereocenters. The number of rotatable bonds is 3. The molecule has 0 saturated heterocycles. The van der Waals surface area contributed by atoms with Crippen LogP contribution in [0.2, 0.25) is 0 Å². The third kappa shape index (κ3) is 4.15. The van der Waals surface area contributed by atoms with E-state index in [1.165, 1.54) is 7.11 Å². The molecule has 0 saturated carbocycles. The Morgan fingerprint density at radius 2 is 2.06 bits per heavy atom. The minimum atomic E-state index is -4.44. The van der Waals surface area contributed by atoms with E-state index in [0.29, 0.717) is 17.0 Å². The molecule has 18 heavy (non-hydrogen) atoms. The number of urea groups is 1. The van der Waals surface area contributed by atoms with Crippen molar-refractivity contribution >= 4 is 11.7 Å². The van der Waals surface area contributed by atoms with Crippen LogP contribution in [0.25, 0.3) is 0 Å². The Hall–Kier alpha value is -1.92. The maximum Gasteiger partial charge on any atom is 0.405 e. The third-order valence-electron chi connectivity index (χ3n) is 2.14. The summed E-state index contributed by atoms with van der Waals surface area (Å²) in [5, 5.41) is 4.05. The zero-order valence-corrected chi connectivity index (χ0v) is 9.89. The number of aryl methyl sites for hydroxylation is 1. The molecule has 100 valence electrons. The lowest BCUT2D eigenvalue weighted by Crippen LogP contribution is -2.36. The van der Waals surface area contributed by atoms with Crippen LogP contribution in [0, 0.1) is 6.92 Å². The maximum atomic E-state index is 11.9. The van der Waals surface area contributed by atoms with E-state index in [0.717, 1.165) is 0 Å². The van der Waals surface area contributed by atoms with E-state index in [9.17, 15) is 18.0 Å². The van der Waals surface area contributed by atoms with Crippen molar-refractivity contribution in [3.05, 3.63) is 23.8 Å². The van der Waals surface area contributed by atoms with Crippen LogP contribution in [0.1, 0.15) is 5.56 Å². The number of anilines is 1. The Morgan fingerprint density at radius 1 is 1.39 bits per heavy atom. The van der Waals surface area contributed by atoms with E-state index in [1.54, 1.807) is 30.4 Å². The highest BCUT2D eigenvalue weighted by molar-refractivity contribution is 5.91. The van der Waals surface area contributed by atoms with Crippen molar-refractivity contribution in [1.82, 2.24) is 5.32 Å². The van der Waals surface area contributed by atoms with Gasteiger partial charge in [0.25, 0.3) is 0 Å². The normalized spacial score (nSPS) is 10.9. The highest BCUT2D eigenvalue weighted by Crippen LogP contribution is 2.27. The van der Waals surface area contributed by atoms with Gasteiger partial charge >= 0.3 is 12.2 Å². The first-order valence-corrected chi connectivity index (χ1v) is 5.08. The highest BCUT2D eigenvalue weighted by atomic mass is 19.4. The molecule has 0 spiro atoms. The van der Waals surface area contributed by atoms with Crippen molar-refractivity contribution in [2.45, 2.75) is 13.1 Å².